The van der Waals surface area contributed by atoms with E-state index in [1.54, 1.807) is 0 Å². The Balaban J connectivity index is 2.59. The molecule has 0 amide bonds. The molecule has 0 radical (unpaired) electrons. The van der Waals surface area contributed by atoms with Crippen LogP contribution in [0.4, 0.5) is 0 Å². The molecule has 0 atom stereocenters. The van der Waals surface area contributed by atoms with E-state index in [1.165, 1.54) is 5.56 Å². The van der Waals surface area contributed by atoms with Crippen molar-refractivity contribution in [2.24, 2.45) is 5.73 Å². The predicted molar refractivity (Wildman–Crippen MR) is 67.7 cm³/mol. The Kier molecular flexibility index (Phi) is 4.25. The maximum atomic E-state index is 11.8. The minimum absolute atomic E-state index is 0.182. The van der Waals surface area contributed by atoms with Gasteiger partial charge in [-0.2, -0.15) is 0 Å². The van der Waals surface area contributed by atoms with E-state index in [0.29, 0.717) is 6.42 Å². The lowest BCUT2D eigenvalue weighted by Gasteiger charge is -2.17. The molecule has 0 aliphatic carbocycles. The van der Waals surface area contributed by atoms with Crippen LogP contribution >= 0.6 is 0 Å². The molecule has 0 spiro atoms. The highest BCUT2D eigenvalue weighted by Crippen LogP contribution is 2.13. The number of benzene rings is 1. The van der Waals surface area contributed by atoms with Gasteiger partial charge in [0.1, 0.15) is 0 Å². The molecular formula is C14H21NO. The molecule has 0 fully saturated rings. The molecule has 0 aliphatic rings. The maximum absolute atomic E-state index is 11.8. The van der Waals surface area contributed by atoms with Crippen molar-refractivity contribution in [2.45, 2.75) is 45.6 Å². The van der Waals surface area contributed by atoms with Crippen molar-refractivity contribution in [2.75, 3.05) is 0 Å². The molecule has 1 aromatic carbocycles. The van der Waals surface area contributed by atoms with Crippen LogP contribution in [0.1, 0.15) is 49.5 Å². The highest BCUT2D eigenvalue weighted by Gasteiger charge is 2.14. The largest absolute Gasteiger partial charge is 0.326 e. The Morgan fingerprint density at radius 3 is 2.25 bits per heavy atom. The zero-order valence-electron chi connectivity index (χ0n) is 10.4. The summed E-state index contributed by atoms with van der Waals surface area (Å²) < 4.78 is 0. The van der Waals surface area contributed by atoms with E-state index in [4.69, 9.17) is 5.73 Å². The third-order valence-electron chi connectivity index (χ3n) is 2.68. The first-order chi connectivity index (χ1) is 7.42. The first-order valence-corrected chi connectivity index (χ1v) is 5.83. The number of aryl methyl sites for hydroxylation is 1. The van der Waals surface area contributed by atoms with Gasteiger partial charge in [0.2, 0.25) is 0 Å². The molecule has 1 aromatic rings. The lowest BCUT2D eigenvalue weighted by Crippen LogP contribution is -2.32. The molecule has 0 unspecified atom stereocenters. The number of carbonyl (C=O) groups excluding carboxylic acids is 1. The molecule has 2 heteroatoms. The van der Waals surface area contributed by atoms with Crippen LogP contribution < -0.4 is 5.73 Å². The summed E-state index contributed by atoms with van der Waals surface area (Å²) >= 11 is 0. The summed E-state index contributed by atoms with van der Waals surface area (Å²) in [4.78, 5) is 11.8. The van der Waals surface area contributed by atoms with Gasteiger partial charge in [0.15, 0.2) is 5.78 Å². The Bertz CT molecular complexity index is 346. The number of nitrogens with two attached hydrogens (primary N) is 1. The van der Waals surface area contributed by atoms with Gasteiger partial charge in [-0.3, -0.25) is 4.79 Å². The SMILES string of the molecule is CCc1ccc(C(=O)CCC(C)(C)N)cc1. The molecule has 1 rings (SSSR count). The average molecular weight is 219 g/mol. The number of Topliss-reactive ketones (excluding diaryl/α,β-unsaturated/α-hetero) is 1. The van der Waals surface area contributed by atoms with Crippen LogP contribution in [0.25, 0.3) is 0 Å². The summed E-state index contributed by atoms with van der Waals surface area (Å²) in [5.41, 5.74) is 7.64. The summed E-state index contributed by atoms with van der Waals surface area (Å²) in [5.74, 6) is 0.182. The van der Waals surface area contributed by atoms with Gasteiger partial charge in [-0.05, 0) is 32.3 Å². The van der Waals surface area contributed by atoms with Crippen LogP contribution in [-0.2, 0) is 6.42 Å². The zero-order valence-corrected chi connectivity index (χ0v) is 10.4. The Hall–Kier alpha value is -1.15. The van der Waals surface area contributed by atoms with Crippen LogP contribution in [0.2, 0.25) is 0 Å². The third kappa shape index (κ3) is 4.15. The summed E-state index contributed by atoms with van der Waals surface area (Å²) in [6.07, 6.45) is 2.25. The van der Waals surface area contributed by atoms with E-state index >= 15 is 0 Å². The second-order valence-corrected chi connectivity index (χ2v) is 4.96. The molecule has 88 valence electrons. The lowest BCUT2D eigenvalue weighted by atomic mass is 9.95. The Morgan fingerprint density at radius 2 is 1.81 bits per heavy atom. The topological polar surface area (TPSA) is 43.1 Å². The van der Waals surface area contributed by atoms with Crippen LogP contribution in [0.15, 0.2) is 24.3 Å². The monoisotopic (exact) mass is 219 g/mol. The molecule has 2 nitrogen and oxygen atoms in total. The van der Waals surface area contributed by atoms with Crippen molar-refractivity contribution in [3.05, 3.63) is 35.4 Å². The van der Waals surface area contributed by atoms with Crippen molar-refractivity contribution in [1.29, 1.82) is 0 Å². The van der Waals surface area contributed by atoms with Crippen molar-refractivity contribution in [1.82, 2.24) is 0 Å². The number of ketones is 1. The summed E-state index contributed by atoms with van der Waals surface area (Å²) in [6.45, 7) is 5.99. The average Bonchev–Trinajstić information content (AvgIpc) is 2.25. The standard InChI is InChI=1S/C14H21NO/c1-4-11-5-7-12(8-6-11)13(16)9-10-14(2,3)15/h5-8H,4,9-10,15H2,1-3H3. The van der Waals surface area contributed by atoms with Crippen molar-refractivity contribution >= 4 is 5.78 Å². The van der Waals surface area contributed by atoms with Crippen LogP contribution in [0.5, 0.6) is 0 Å². The van der Waals surface area contributed by atoms with Crippen LogP contribution in [-0.4, -0.2) is 11.3 Å². The quantitative estimate of drug-likeness (QED) is 0.774. The van der Waals surface area contributed by atoms with Crippen molar-refractivity contribution in [3.8, 4) is 0 Å². The fraction of sp³-hybridized carbons (Fsp3) is 0.500. The molecule has 0 aliphatic heterocycles. The lowest BCUT2D eigenvalue weighted by molar-refractivity contribution is 0.0972. The van der Waals surface area contributed by atoms with Gasteiger partial charge in [-0.25, -0.2) is 0 Å². The molecule has 0 saturated heterocycles. The zero-order chi connectivity index (χ0) is 12.2. The number of rotatable bonds is 5. The molecule has 16 heavy (non-hydrogen) atoms. The van der Waals surface area contributed by atoms with Gasteiger partial charge in [0, 0.05) is 17.5 Å². The molecular weight excluding hydrogens is 198 g/mol. The first-order valence-electron chi connectivity index (χ1n) is 5.83. The van der Waals surface area contributed by atoms with E-state index < -0.39 is 0 Å². The van der Waals surface area contributed by atoms with Gasteiger partial charge in [-0.1, -0.05) is 31.2 Å². The van der Waals surface area contributed by atoms with E-state index in [0.717, 1.165) is 18.4 Å². The summed E-state index contributed by atoms with van der Waals surface area (Å²) in [6, 6.07) is 7.84. The number of carbonyl (C=O) groups is 1. The van der Waals surface area contributed by atoms with Crippen molar-refractivity contribution < 1.29 is 4.79 Å². The second kappa shape index (κ2) is 5.26. The Labute approximate surface area is 97.9 Å². The van der Waals surface area contributed by atoms with Gasteiger partial charge >= 0.3 is 0 Å². The fourth-order valence-electron chi connectivity index (χ4n) is 1.51. The van der Waals surface area contributed by atoms with E-state index in [-0.39, 0.29) is 11.3 Å². The minimum Gasteiger partial charge on any atom is -0.326 e. The van der Waals surface area contributed by atoms with Crippen LogP contribution in [0.3, 0.4) is 0 Å². The van der Waals surface area contributed by atoms with E-state index in [9.17, 15) is 4.79 Å². The van der Waals surface area contributed by atoms with Crippen molar-refractivity contribution in [3.63, 3.8) is 0 Å². The molecule has 2 N–H and O–H groups in total. The summed E-state index contributed by atoms with van der Waals surface area (Å²) in [5, 5.41) is 0. The minimum atomic E-state index is -0.265. The molecule has 0 aromatic heterocycles. The predicted octanol–water partition coefficient (Wildman–Crippen LogP) is 2.95. The van der Waals surface area contributed by atoms with Gasteiger partial charge in [0.05, 0.1) is 0 Å². The highest BCUT2D eigenvalue weighted by atomic mass is 16.1. The smallest absolute Gasteiger partial charge is 0.162 e. The molecule has 0 heterocycles. The van der Waals surface area contributed by atoms with Gasteiger partial charge < -0.3 is 5.73 Å². The van der Waals surface area contributed by atoms with E-state index in [2.05, 4.69) is 6.92 Å². The molecule has 0 saturated carbocycles. The van der Waals surface area contributed by atoms with Gasteiger partial charge in [0.25, 0.3) is 0 Å². The number of hydrogen-bond acceptors (Lipinski definition) is 2. The molecule has 0 bridgehead atoms. The first kappa shape index (κ1) is 12.9. The fourth-order valence-corrected chi connectivity index (χ4v) is 1.51. The number of hydrogen-bond donors (Lipinski definition) is 1. The van der Waals surface area contributed by atoms with Crippen LogP contribution in [0, 0.1) is 0 Å². The normalized spacial score (nSPS) is 11.5. The second-order valence-electron chi connectivity index (χ2n) is 4.96. The third-order valence-corrected chi connectivity index (χ3v) is 2.68. The highest BCUT2D eigenvalue weighted by molar-refractivity contribution is 5.96. The van der Waals surface area contributed by atoms with E-state index in [1.807, 2.05) is 38.1 Å². The maximum Gasteiger partial charge on any atom is 0.162 e. The van der Waals surface area contributed by atoms with Gasteiger partial charge in [-0.15, -0.1) is 0 Å². The Morgan fingerprint density at radius 1 is 1.25 bits per heavy atom. The summed E-state index contributed by atoms with van der Waals surface area (Å²) in [7, 11) is 0.